The van der Waals surface area contributed by atoms with E-state index in [1.165, 1.54) is 0 Å². The van der Waals surface area contributed by atoms with Crippen molar-refractivity contribution in [3.63, 3.8) is 0 Å². The van der Waals surface area contributed by atoms with E-state index in [0.29, 0.717) is 16.5 Å². The molecule has 186 valence electrons. The van der Waals surface area contributed by atoms with Crippen molar-refractivity contribution >= 4 is 52.7 Å². The van der Waals surface area contributed by atoms with Crippen LogP contribution < -0.4 is 10.1 Å². The maximum absolute atomic E-state index is 10.6. The number of ether oxygens (including phenoxy) is 1. The Labute approximate surface area is 224 Å². The van der Waals surface area contributed by atoms with Gasteiger partial charge in [0.25, 0.3) is 0 Å². The van der Waals surface area contributed by atoms with Gasteiger partial charge in [0.05, 0.1) is 10.0 Å². The minimum Gasteiger partial charge on any atom is -0.481 e. The van der Waals surface area contributed by atoms with Crippen LogP contribution in [0.2, 0.25) is 10.0 Å². The van der Waals surface area contributed by atoms with E-state index in [1.54, 1.807) is 23.9 Å². The molecule has 2 N–H and O–H groups in total. The minimum atomic E-state index is -0.748. The molecule has 0 amide bonds. The molecule has 0 bridgehead atoms. The summed E-state index contributed by atoms with van der Waals surface area (Å²) in [6.07, 6.45) is 6.68. The van der Waals surface area contributed by atoms with Crippen molar-refractivity contribution in [2.75, 3.05) is 5.32 Å². The van der Waals surface area contributed by atoms with Crippen molar-refractivity contribution in [1.29, 1.82) is 0 Å². The summed E-state index contributed by atoms with van der Waals surface area (Å²) in [5.74, 6) is 0.710. The molecule has 1 aliphatic rings. The van der Waals surface area contributed by atoms with Crippen molar-refractivity contribution in [3.8, 4) is 11.5 Å². The van der Waals surface area contributed by atoms with Crippen molar-refractivity contribution in [2.45, 2.75) is 36.6 Å². The average molecular weight is 542 g/mol. The highest BCUT2D eigenvalue weighted by molar-refractivity contribution is 8.00. The second-order valence-corrected chi connectivity index (χ2v) is 10.1. The molecule has 6 nitrogen and oxygen atoms in total. The first-order valence-electron chi connectivity index (χ1n) is 11.5. The fourth-order valence-electron chi connectivity index (χ4n) is 3.54. The lowest BCUT2D eigenvalue weighted by atomic mass is 10.1. The number of aliphatic carboxylic acids is 1. The number of hydrogen-bond donors (Lipinski definition) is 2. The molecule has 2 unspecified atom stereocenters. The van der Waals surface area contributed by atoms with Crippen LogP contribution in [0.1, 0.15) is 42.2 Å². The Morgan fingerprint density at radius 3 is 2.61 bits per heavy atom. The Balaban J connectivity index is 1.32. The van der Waals surface area contributed by atoms with Gasteiger partial charge in [0, 0.05) is 12.1 Å². The van der Waals surface area contributed by atoms with Gasteiger partial charge in [-0.2, -0.15) is 10.2 Å². The molecule has 1 aliphatic heterocycles. The number of hydrogen-bond acceptors (Lipinski definition) is 6. The number of carboxylic acid groups (broad SMARTS) is 1. The Bertz CT molecular complexity index is 1270. The van der Waals surface area contributed by atoms with Gasteiger partial charge in [-0.1, -0.05) is 71.4 Å². The van der Waals surface area contributed by atoms with Gasteiger partial charge >= 0.3 is 5.97 Å². The van der Waals surface area contributed by atoms with Crippen molar-refractivity contribution in [2.24, 2.45) is 10.2 Å². The number of azo groups is 1. The number of allylic oxidation sites excluding steroid dienone is 1. The van der Waals surface area contributed by atoms with E-state index in [2.05, 4.69) is 21.6 Å². The summed E-state index contributed by atoms with van der Waals surface area (Å²) in [6, 6.07) is 21.1. The van der Waals surface area contributed by atoms with Gasteiger partial charge in [-0.3, -0.25) is 4.79 Å². The van der Waals surface area contributed by atoms with Gasteiger partial charge in [-0.25, -0.2) is 0 Å². The van der Waals surface area contributed by atoms with E-state index in [9.17, 15) is 4.79 Å². The zero-order valence-electron chi connectivity index (χ0n) is 19.3. The monoisotopic (exact) mass is 541 g/mol. The Hall–Kier alpha value is -3.00. The molecule has 0 aliphatic carbocycles. The summed E-state index contributed by atoms with van der Waals surface area (Å²) in [7, 11) is 0. The zero-order valence-corrected chi connectivity index (χ0v) is 21.6. The summed E-state index contributed by atoms with van der Waals surface area (Å²) in [4.78, 5) is 10.6. The zero-order chi connectivity index (χ0) is 25.3. The Kier molecular flexibility index (Phi) is 9.28. The van der Waals surface area contributed by atoms with Crippen molar-refractivity contribution < 1.29 is 14.6 Å². The standard InChI is InChI=1S/C27H25Cl2N3O3S/c28-23-14-13-20(17-24(23)29)30-27-32-31-26(36-27)19-9-6-11-22(16-19)35-21-10-5-8-18(15-21)7-3-1-2-4-12-25(33)34/h3,5-11,13-17,26-27,30H,1-2,4,12H2,(H,33,34)/b7-3-. The number of benzene rings is 3. The molecule has 0 spiro atoms. The summed E-state index contributed by atoms with van der Waals surface area (Å²) in [5, 5.41) is 21.6. The second kappa shape index (κ2) is 12.8. The number of nitrogens with zero attached hydrogens (tertiary/aromatic N) is 2. The molecule has 36 heavy (non-hydrogen) atoms. The van der Waals surface area contributed by atoms with E-state index in [0.717, 1.165) is 41.2 Å². The average Bonchev–Trinajstić information content (AvgIpc) is 3.32. The van der Waals surface area contributed by atoms with Crippen LogP contribution in [0.15, 0.2) is 83.0 Å². The van der Waals surface area contributed by atoms with Crippen LogP contribution in [0.4, 0.5) is 5.69 Å². The highest BCUT2D eigenvalue weighted by atomic mass is 35.5. The second-order valence-electron chi connectivity index (χ2n) is 8.13. The number of nitrogens with one attached hydrogen (secondary N) is 1. The van der Waals surface area contributed by atoms with Gasteiger partial charge in [0.2, 0.25) is 0 Å². The lowest BCUT2D eigenvalue weighted by Crippen LogP contribution is -2.09. The van der Waals surface area contributed by atoms with Crippen LogP contribution in [0.5, 0.6) is 11.5 Å². The molecule has 4 rings (SSSR count). The van der Waals surface area contributed by atoms with Crippen LogP contribution in [-0.4, -0.2) is 16.6 Å². The van der Waals surface area contributed by atoms with Gasteiger partial charge < -0.3 is 15.2 Å². The summed E-state index contributed by atoms with van der Waals surface area (Å²) < 4.78 is 6.11. The van der Waals surface area contributed by atoms with Crippen LogP contribution in [0, 0.1) is 0 Å². The molecule has 3 aromatic rings. The molecular weight excluding hydrogens is 517 g/mol. The summed E-state index contributed by atoms with van der Waals surface area (Å²) >= 11 is 13.7. The molecule has 3 aromatic carbocycles. The number of halogens is 2. The van der Waals surface area contributed by atoms with E-state index in [4.69, 9.17) is 33.0 Å². The molecular formula is C27H25Cl2N3O3S. The molecule has 1 heterocycles. The molecule has 0 aromatic heterocycles. The summed E-state index contributed by atoms with van der Waals surface area (Å²) in [5.41, 5.74) is 2.62. The number of anilines is 1. The predicted octanol–water partition coefficient (Wildman–Crippen LogP) is 9.04. The van der Waals surface area contributed by atoms with E-state index in [1.807, 2.05) is 60.7 Å². The first-order chi connectivity index (χ1) is 17.5. The van der Waals surface area contributed by atoms with Gasteiger partial charge in [0.15, 0.2) is 5.50 Å². The highest BCUT2D eigenvalue weighted by Crippen LogP contribution is 2.41. The number of carboxylic acids is 1. The molecule has 0 saturated heterocycles. The van der Waals surface area contributed by atoms with Gasteiger partial charge in [0.1, 0.15) is 16.9 Å². The molecule has 0 radical (unpaired) electrons. The van der Waals surface area contributed by atoms with Crippen LogP contribution in [0.25, 0.3) is 6.08 Å². The van der Waals surface area contributed by atoms with Gasteiger partial charge in [-0.05, 0) is 72.9 Å². The molecule has 0 saturated carbocycles. The third-order valence-electron chi connectivity index (χ3n) is 5.30. The first-order valence-corrected chi connectivity index (χ1v) is 13.2. The fraction of sp³-hybridized carbons (Fsp3) is 0.222. The van der Waals surface area contributed by atoms with Gasteiger partial charge in [-0.15, -0.1) is 0 Å². The highest BCUT2D eigenvalue weighted by Gasteiger charge is 2.24. The normalized spacial score (nSPS) is 16.9. The Morgan fingerprint density at radius 1 is 1.00 bits per heavy atom. The number of carbonyl (C=O) groups is 1. The van der Waals surface area contributed by atoms with E-state index < -0.39 is 5.97 Å². The van der Waals surface area contributed by atoms with E-state index >= 15 is 0 Å². The van der Waals surface area contributed by atoms with E-state index in [-0.39, 0.29) is 17.3 Å². The maximum atomic E-state index is 10.6. The number of rotatable bonds is 11. The third kappa shape index (κ3) is 7.75. The quantitative estimate of drug-likeness (QED) is 0.236. The fourth-order valence-corrected chi connectivity index (χ4v) is 4.81. The Morgan fingerprint density at radius 2 is 1.81 bits per heavy atom. The lowest BCUT2D eigenvalue weighted by Gasteiger charge is -2.13. The van der Waals surface area contributed by atoms with Crippen LogP contribution >= 0.6 is 35.0 Å². The third-order valence-corrected chi connectivity index (χ3v) is 7.14. The molecule has 2 atom stereocenters. The summed E-state index contributed by atoms with van der Waals surface area (Å²) in [6.45, 7) is 0. The smallest absolute Gasteiger partial charge is 0.303 e. The molecule has 9 heteroatoms. The maximum Gasteiger partial charge on any atom is 0.303 e. The lowest BCUT2D eigenvalue weighted by molar-refractivity contribution is -0.137. The number of unbranched alkanes of at least 4 members (excludes halogenated alkanes) is 2. The minimum absolute atomic E-state index is 0.149. The topological polar surface area (TPSA) is 83.3 Å². The largest absolute Gasteiger partial charge is 0.481 e. The number of thioether (sulfide) groups is 1. The SMILES string of the molecule is O=C(O)CCCC/C=C\c1cccc(Oc2cccc(C3N=NC(Nc4ccc(Cl)c(Cl)c4)S3)c2)c1. The van der Waals surface area contributed by atoms with Crippen molar-refractivity contribution in [1.82, 2.24) is 0 Å². The molecule has 0 fully saturated rings. The van der Waals surface area contributed by atoms with Crippen LogP contribution in [0.3, 0.4) is 0 Å². The predicted molar refractivity (Wildman–Crippen MR) is 147 cm³/mol. The first kappa shape index (κ1) is 26.1. The van der Waals surface area contributed by atoms with Crippen LogP contribution in [-0.2, 0) is 4.79 Å². The van der Waals surface area contributed by atoms with Crippen molar-refractivity contribution in [3.05, 3.63) is 94.0 Å².